The lowest BCUT2D eigenvalue weighted by Gasteiger charge is -2.52. The van der Waals surface area contributed by atoms with E-state index in [4.69, 9.17) is 12.3 Å². The fourth-order valence-corrected chi connectivity index (χ4v) is 19.2. The minimum atomic E-state index is -2.27. The van der Waals surface area contributed by atoms with Gasteiger partial charge in [0.25, 0.3) is 0 Å². The fraction of sp³-hybridized carbons (Fsp3) is 1.00. The second-order valence-corrected chi connectivity index (χ2v) is 17.5. The third kappa shape index (κ3) is 3.78. The monoisotopic (exact) mass is 319 g/mol. The van der Waals surface area contributed by atoms with Crippen LogP contribution in [-0.4, -0.2) is 43.5 Å². The van der Waals surface area contributed by atoms with E-state index in [1.54, 1.807) is 0 Å². The lowest BCUT2D eigenvalue weighted by atomic mass is 9.96. The summed E-state index contributed by atoms with van der Waals surface area (Å²) in [5, 5.41) is 0. The molecule has 0 bridgehead atoms. The highest BCUT2D eigenvalue weighted by Gasteiger charge is 2.56. The van der Waals surface area contributed by atoms with Crippen LogP contribution in [0.3, 0.4) is 0 Å². The van der Waals surface area contributed by atoms with Gasteiger partial charge in [0.1, 0.15) is 0 Å². The van der Waals surface area contributed by atoms with Gasteiger partial charge in [0.2, 0.25) is 0 Å². The van der Waals surface area contributed by atoms with Gasteiger partial charge in [-0.3, -0.25) is 4.57 Å². The van der Waals surface area contributed by atoms with Crippen LogP contribution in [0.15, 0.2) is 0 Å². The molecule has 0 aromatic carbocycles. The molecule has 7 heteroatoms. The highest BCUT2D eigenvalue weighted by atomic mass is 28.5. The molecule has 4 nitrogen and oxygen atoms in total. The highest BCUT2D eigenvalue weighted by Crippen LogP contribution is 2.35. The van der Waals surface area contributed by atoms with Crippen LogP contribution >= 0.6 is 0 Å². The van der Waals surface area contributed by atoms with Crippen molar-refractivity contribution in [3.63, 3.8) is 0 Å². The first-order valence-corrected chi connectivity index (χ1v) is 15.4. The SMILES string of the molecule is CN(C1CCCCC1)[Si]1(C)O[Si](C)(C)O[Si](C)(C)O1. The van der Waals surface area contributed by atoms with Crippen molar-refractivity contribution in [2.75, 3.05) is 7.05 Å². The van der Waals surface area contributed by atoms with Gasteiger partial charge in [0, 0.05) is 6.04 Å². The first kappa shape index (κ1) is 15.9. The van der Waals surface area contributed by atoms with E-state index in [0.717, 1.165) is 0 Å². The fourth-order valence-electron chi connectivity index (χ4n) is 3.51. The van der Waals surface area contributed by atoms with Crippen LogP contribution < -0.4 is 0 Å². The summed E-state index contributed by atoms with van der Waals surface area (Å²) in [5.41, 5.74) is 0. The first-order valence-electron chi connectivity index (χ1n) is 7.47. The average Bonchev–Trinajstić information content (AvgIpc) is 2.24. The molecule has 0 aromatic rings. The summed E-state index contributed by atoms with van der Waals surface area (Å²) in [6.45, 7) is 10.8. The Balaban J connectivity index is 2.15. The van der Waals surface area contributed by atoms with Crippen LogP contribution in [0, 0.1) is 0 Å². The van der Waals surface area contributed by atoms with Gasteiger partial charge in [-0.2, -0.15) is 0 Å². The van der Waals surface area contributed by atoms with E-state index in [2.05, 4.69) is 44.3 Å². The maximum absolute atomic E-state index is 6.41. The van der Waals surface area contributed by atoms with Crippen LogP contribution in [0.25, 0.3) is 0 Å². The zero-order valence-corrected chi connectivity index (χ0v) is 16.3. The topological polar surface area (TPSA) is 30.9 Å². The van der Waals surface area contributed by atoms with Crippen molar-refractivity contribution < 1.29 is 12.3 Å². The summed E-state index contributed by atoms with van der Waals surface area (Å²) in [6, 6.07) is 0.637. The van der Waals surface area contributed by atoms with Crippen LogP contribution in [-0.2, 0) is 12.3 Å². The van der Waals surface area contributed by atoms with E-state index in [1.165, 1.54) is 32.1 Å². The number of nitrogens with zero attached hydrogens (tertiary/aromatic N) is 1. The summed E-state index contributed by atoms with van der Waals surface area (Å²) in [7, 11) is -4.12. The maximum atomic E-state index is 6.41. The number of hydrogen-bond acceptors (Lipinski definition) is 4. The summed E-state index contributed by atoms with van der Waals surface area (Å²) in [5.74, 6) is 0. The third-order valence-corrected chi connectivity index (χ3v) is 16.7. The van der Waals surface area contributed by atoms with E-state index in [1.807, 2.05) is 0 Å². The predicted octanol–water partition coefficient (Wildman–Crippen LogP) is 3.29. The molecule has 112 valence electrons. The second kappa shape index (κ2) is 5.36. The molecule has 0 spiro atoms. The number of hydrogen-bond donors (Lipinski definition) is 0. The van der Waals surface area contributed by atoms with Crippen molar-refractivity contribution in [2.45, 2.75) is 70.9 Å². The van der Waals surface area contributed by atoms with Gasteiger partial charge in [0.15, 0.2) is 0 Å². The largest absolute Gasteiger partial charge is 0.416 e. The smallest absolute Gasteiger partial charge is 0.406 e. The van der Waals surface area contributed by atoms with Gasteiger partial charge in [0.05, 0.1) is 0 Å². The molecule has 1 aliphatic carbocycles. The molecule has 0 N–H and O–H groups in total. The van der Waals surface area contributed by atoms with E-state index in [9.17, 15) is 0 Å². The molecule has 0 radical (unpaired) electrons. The molecule has 0 atom stereocenters. The summed E-state index contributed by atoms with van der Waals surface area (Å²) in [6.07, 6.45) is 6.65. The molecule has 1 heterocycles. The Hall–Kier alpha value is 0.491. The minimum Gasteiger partial charge on any atom is -0.416 e. The van der Waals surface area contributed by atoms with E-state index >= 15 is 0 Å². The Bertz CT molecular complexity index is 316. The quantitative estimate of drug-likeness (QED) is 0.731. The summed E-state index contributed by atoms with van der Waals surface area (Å²) in [4.78, 5) is 0. The molecular weight excluding hydrogens is 290 g/mol. The lowest BCUT2D eigenvalue weighted by Crippen LogP contribution is -2.72. The number of rotatable bonds is 2. The molecule has 2 rings (SSSR count). The minimum absolute atomic E-state index is 0.637. The van der Waals surface area contributed by atoms with Crippen molar-refractivity contribution in [3.8, 4) is 0 Å². The molecule has 1 saturated carbocycles. The summed E-state index contributed by atoms with van der Waals surface area (Å²) >= 11 is 0. The van der Waals surface area contributed by atoms with Crippen LogP contribution in [0.1, 0.15) is 32.1 Å². The van der Waals surface area contributed by atoms with Crippen LogP contribution in [0.5, 0.6) is 0 Å². The Morgan fingerprint density at radius 2 is 1.26 bits per heavy atom. The van der Waals surface area contributed by atoms with Crippen molar-refractivity contribution in [1.29, 1.82) is 0 Å². The van der Waals surface area contributed by atoms with Crippen molar-refractivity contribution in [3.05, 3.63) is 0 Å². The van der Waals surface area contributed by atoms with Crippen molar-refractivity contribution in [1.82, 2.24) is 4.57 Å². The molecule has 19 heavy (non-hydrogen) atoms. The standard InChI is InChI=1S/C12H29NO3Si3/c1-13(12-10-8-7-9-11-12)19(6)15-17(2,3)14-18(4,5)16-19/h12H,7-11H2,1-6H3. The predicted molar refractivity (Wildman–Crippen MR) is 84.5 cm³/mol. The summed E-state index contributed by atoms with van der Waals surface area (Å²) < 4.78 is 21.4. The molecule has 1 aliphatic heterocycles. The Morgan fingerprint density at radius 3 is 1.74 bits per heavy atom. The van der Waals surface area contributed by atoms with Gasteiger partial charge in [-0.15, -0.1) is 0 Å². The Kier molecular flexibility index (Phi) is 4.48. The maximum Gasteiger partial charge on any atom is 0.406 e. The zero-order valence-electron chi connectivity index (χ0n) is 13.3. The second-order valence-electron chi connectivity index (χ2n) is 6.91. The molecule has 2 aliphatic rings. The van der Waals surface area contributed by atoms with E-state index in [0.29, 0.717) is 6.04 Å². The third-order valence-electron chi connectivity index (χ3n) is 4.13. The van der Waals surface area contributed by atoms with E-state index in [-0.39, 0.29) is 0 Å². The van der Waals surface area contributed by atoms with Crippen molar-refractivity contribution >= 4 is 25.8 Å². The molecule has 2 fully saturated rings. The highest BCUT2D eigenvalue weighted by molar-refractivity contribution is 6.91. The molecular formula is C12H29NO3Si3. The van der Waals surface area contributed by atoms with Gasteiger partial charge >= 0.3 is 25.8 Å². The van der Waals surface area contributed by atoms with Crippen LogP contribution in [0.2, 0.25) is 32.7 Å². The van der Waals surface area contributed by atoms with Crippen molar-refractivity contribution in [2.24, 2.45) is 0 Å². The molecule has 1 saturated heterocycles. The average molecular weight is 320 g/mol. The molecule has 0 unspecified atom stereocenters. The lowest BCUT2D eigenvalue weighted by molar-refractivity contribution is 0.149. The Labute approximate surface area is 121 Å². The molecule has 0 amide bonds. The van der Waals surface area contributed by atoms with Gasteiger partial charge in [-0.25, -0.2) is 0 Å². The normalized spacial score (nSPS) is 30.5. The first-order chi connectivity index (χ1) is 8.64. The van der Waals surface area contributed by atoms with E-state index < -0.39 is 25.8 Å². The van der Waals surface area contributed by atoms with Gasteiger partial charge < -0.3 is 12.3 Å². The van der Waals surface area contributed by atoms with Gasteiger partial charge in [-0.1, -0.05) is 19.3 Å². The molecule has 0 aromatic heterocycles. The van der Waals surface area contributed by atoms with Gasteiger partial charge in [-0.05, 0) is 52.6 Å². The Morgan fingerprint density at radius 1 is 0.789 bits per heavy atom. The zero-order chi connectivity index (χ0) is 14.3. The van der Waals surface area contributed by atoms with Crippen LogP contribution in [0.4, 0.5) is 0 Å².